The van der Waals surface area contributed by atoms with Crippen molar-refractivity contribution in [2.24, 2.45) is 4.99 Å². The molecule has 2 aliphatic rings. The maximum Gasteiger partial charge on any atom is 0.338 e. The number of benzene rings is 1. The maximum atomic E-state index is 13.8. The molecule has 10 heteroatoms. The number of hydrogen-bond acceptors (Lipinski definition) is 8. The number of fused-ring (bicyclic) bond motifs is 2. The van der Waals surface area contributed by atoms with E-state index in [9.17, 15) is 14.4 Å². The molecule has 2 aliphatic heterocycles. The average Bonchev–Trinajstić information content (AvgIpc) is 3.52. The molecule has 5 rings (SSSR count). The summed E-state index contributed by atoms with van der Waals surface area (Å²) in [6.07, 6.45) is 0. The zero-order valence-electron chi connectivity index (χ0n) is 18.7. The Kier molecular flexibility index (Phi) is 5.80. The van der Waals surface area contributed by atoms with Crippen molar-refractivity contribution in [1.29, 1.82) is 0 Å². The van der Waals surface area contributed by atoms with Gasteiger partial charge in [-0.3, -0.25) is 14.2 Å². The Bertz CT molecular complexity index is 1510. The predicted octanol–water partition coefficient (Wildman–Crippen LogP) is 1.83. The predicted molar refractivity (Wildman–Crippen MR) is 130 cm³/mol. The second kappa shape index (κ2) is 8.79. The highest BCUT2D eigenvalue weighted by Crippen LogP contribution is 2.35. The first kappa shape index (κ1) is 22.5. The molecule has 4 heterocycles. The summed E-state index contributed by atoms with van der Waals surface area (Å²) in [5, 5.41) is 1.89. The van der Waals surface area contributed by atoms with Gasteiger partial charge in [0.2, 0.25) is 0 Å². The molecule has 174 valence electrons. The minimum Gasteiger partial charge on any atom is -0.460 e. The Labute approximate surface area is 202 Å². The second-order valence-electron chi connectivity index (χ2n) is 7.80. The number of carbonyl (C=O) groups excluding carboxylic acids is 2. The molecule has 0 spiro atoms. The lowest BCUT2D eigenvalue weighted by Gasteiger charge is -2.23. The number of anilines is 1. The number of thiazole rings is 1. The second-order valence-corrected chi connectivity index (χ2v) is 9.76. The van der Waals surface area contributed by atoms with E-state index in [1.54, 1.807) is 18.9 Å². The summed E-state index contributed by atoms with van der Waals surface area (Å²) in [6.45, 7) is 2.09. The molecular weight excluding hydrogens is 474 g/mol. The van der Waals surface area contributed by atoms with Crippen LogP contribution in [0.25, 0.3) is 5.57 Å². The first-order chi connectivity index (χ1) is 16.4. The van der Waals surface area contributed by atoms with Crippen molar-refractivity contribution in [3.05, 3.63) is 83.2 Å². The molecular formula is C24H21N3O5S2. The van der Waals surface area contributed by atoms with Gasteiger partial charge in [-0.2, -0.15) is 0 Å². The van der Waals surface area contributed by atoms with Gasteiger partial charge in [0, 0.05) is 24.6 Å². The van der Waals surface area contributed by atoms with E-state index in [1.807, 2.05) is 41.8 Å². The average molecular weight is 496 g/mol. The van der Waals surface area contributed by atoms with Crippen molar-refractivity contribution in [1.82, 2.24) is 4.57 Å². The summed E-state index contributed by atoms with van der Waals surface area (Å²) < 4.78 is 12.2. The number of hydrogen-bond donors (Lipinski definition) is 0. The molecule has 0 saturated heterocycles. The Balaban J connectivity index is 1.74. The van der Waals surface area contributed by atoms with Gasteiger partial charge in [0.25, 0.3) is 11.5 Å². The van der Waals surface area contributed by atoms with Crippen molar-refractivity contribution in [3.63, 3.8) is 0 Å². The van der Waals surface area contributed by atoms with Crippen LogP contribution in [0.5, 0.6) is 0 Å². The number of nitrogens with zero attached hydrogens (tertiary/aromatic N) is 3. The molecule has 0 N–H and O–H groups in total. The quantitative estimate of drug-likeness (QED) is 0.398. The van der Waals surface area contributed by atoms with E-state index in [4.69, 9.17) is 9.47 Å². The Morgan fingerprint density at radius 3 is 2.68 bits per heavy atom. The molecule has 0 aliphatic carbocycles. The molecule has 0 radical (unpaired) electrons. The van der Waals surface area contributed by atoms with E-state index in [0.717, 1.165) is 10.6 Å². The molecule has 1 atom stereocenters. The van der Waals surface area contributed by atoms with Crippen LogP contribution in [0.15, 0.2) is 62.8 Å². The standard InChI is InChI=1S/C24H21N3O5S2/c1-13-17(23(30)32-11-10-31-3)19(16-9-6-12-33-16)27-22(29)20(34-24(27)25-13)18-14-7-4-5-8-15(14)26(2)21(18)28/h4-9,12,19H,10-11H2,1-3H3/b20-18-/t19-/m1/s1. The first-order valence-corrected chi connectivity index (χ1v) is 12.3. The van der Waals surface area contributed by atoms with Gasteiger partial charge in [0.05, 0.1) is 29.1 Å². The van der Waals surface area contributed by atoms with Crippen LogP contribution in [0.4, 0.5) is 5.69 Å². The van der Waals surface area contributed by atoms with Crippen LogP contribution < -0.4 is 19.8 Å². The fraction of sp³-hybridized carbons (Fsp3) is 0.250. The smallest absolute Gasteiger partial charge is 0.338 e. The van der Waals surface area contributed by atoms with E-state index in [1.165, 1.54) is 34.4 Å². The van der Waals surface area contributed by atoms with Crippen LogP contribution in [0.1, 0.15) is 23.4 Å². The summed E-state index contributed by atoms with van der Waals surface area (Å²) >= 11 is 2.61. The van der Waals surface area contributed by atoms with Gasteiger partial charge in [-0.05, 0) is 24.4 Å². The Hall–Kier alpha value is -3.34. The summed E-state index contributed by atoms with van der Waals surface area (Å²) in [7, 11) is 3.22. The summed E-state index contributed by atoms with van der Waals surface area (Å²) in [5.41, 5.74) is 2.25. The summed E-state index contributed by atoms with van der Waals surface area (Å²) in [6, 6.07) is 10.4. The topological polar surface area (TPSA) is 90.2 Å². The number of likely N-dealkylation sites (N-methyl/N-ethyl adjacent to an activating group) is 1. The van der Waals surface area contributed by atoms with Gasteiger partial charge in [-0.15, -0.1) is 11.3 Å². The zero-order valence-corrected chi connectivity index (χ0v) is 20.4. The summed E-state index contributed by atoms with van der Waals surface area (Å²) in [5.74, 6) is -0.786. The molecule has 0 fully saturated rings. The monoisotopic (exact) mass is 495 g/mol. The van der Waals surface area contributed by atoms with E-state index in [0.29, 0.717) is 31.7 Å². The fourth-order valence-electron chi connectivity index (χ4n) is 4.23. The Morgan fingerprint density at radius 1 is 1.15 bits per heavy atom. The van der Waals surface area contributed by atoms with Crippen LogP contribution in [-0.4, -0.2) is 43.8 Å². The van der Waals surface area contributed by atoms with Crippen LogP contribution in [0.2, 0.25) is 0 Å². The zero-order chi connectivity index (χ0) is 24.0. The lowest BCUT2D eigenvalue weighted by atomic mass is 10.0. The largest absolute Gasteiger partial charge is 0.460 e. The number of carbonyl (C=O) groups is 2. The van der Waals surface area contributed by atoms with Crippen molar-refractivity contribution < 1.29 is 19.1 Å². The number of allylic oxidation sites excluding steroid dienone is 1. The Morgan fingerprint density at radius 2 is 1.94 bits per heavy atom. The van der Waals surface area contributed by atoms with E-state index in [2.05, 4.69) is 4.99 Å². The minimum absolute atomic E-state index is 0.0927. The molecule has 0 saturated carbocycles. The molecule has 1 amide bonds. The highest BCUT2D eigenvalue weighted by Gasteiger charge is 2.36. The van der Waals surface area contributed by atoms with E-state index >= 15 is 0 Å². The number of methoxy groups -OCH3 is 1. The highest BCUT2D eigenvalue weighted by molar-refractivity contribution is 7.10. The number of thiophene rings is 1. The van der Waals surface area contributed by atoms with Crippen LogP contribution in [0.3, 0.4) is 0 Å². The number of amides is 1. The normalized spacial score (nSPS) is 18.6. The van der Waals surface area contributed by atoms with Crippen molar-refractivity contribution >= 4 is 45.8 Å². The lowest BCUT2D eigenvalue weighted by molar-refractivity contribution is -0.140. The van der Waals surface area contributed by atoms with Gasteiger partial charge in [0.1, 0.15) is 17.2 Å². The van der Waals surface area contributed by atoms with E-state index < -0.39 is 12.0 Å². The molecule has 2 aromatic heterocycles. The third-order valence-electron chi connectivity index (χ3n) is 5.83. The van der Waals surface area contributed by atoms with Crippen molar-refractivity contribution in [2.45, 2.75) is 13.0 Å². The maximum absolute atomic E-state index is 13.8. The van der Waals surface area contributed by atoms with Gasteiger partial charge < -0.3 is 14.4 Å². The third-order valence-corrected chi connectivity index (χ3v) is 7.81. The van der Waals surface area contributed by atoms with Crippen molar-refractivity contribution in [3.8, 4) is 0 Å². The lowest BCUT2D eigenvalue weighted by Crippen LogP contribution is -2.40. The molecule has 0 unspecified atom stereocenters. The number of aromatic nitrogens is 1. The highest BCUT2D eigenvalue weighted by atomic mass is 32.1. The van der Waals surface area contributed by atoms with Gasteiger partial charge >= 0.3 is 5.97 Å². The fourth-order valence-corrected chi connectivity index (χ4v) is 6.19. The summed E-state index contributed by atoms with van der Waals surface area (Å²) in [4.78, 5) is 47.4. The molecule has 1 aromatic carbocycles. The molecule has 3 aromatic rings. The SMILES string of the molecule is COCCOC(=O)C1=C(C)N=c2s/c(=C3\C(=O)N(C)c4ccccc43)c(=O)n2[C@@H]1c1cccs1. The van der Waals surface area contributed by atoms with Gasteiger partial charge in [-0.25, -0.2) is 9.79 Å². The number of ether oxygens (including phenoxy) is 2. The molecule has 8 nitrogen and oxygen atoms in total. The van der Waals surface area contributed by atoms with Crippen molar-refractivity contribution in [2.75, 3.05) is 32.3 Å². The number of rotatable bonds is 5. The van der Waals surface area contributed by atoms with Crippen LogP contribution in [-0.2, 0) is 19.1 Å². The van der Waals surface area contributed by atoms with E-state index in [-0.39, 0.29) is 24.7 Å². The number of esters is 1. The number of para-hydroxylation sites is 1. The van der Waals surface area contributed by atoms with Gasteiger partial charge in [0.15, 0.2) is 4.80 Å². The van der Waals surface area contributed by atoms with Crippen LogP contribution in [0, 0.1) is 0 Å². The third kappa shape index (κ3) is 3.46. The molecule has 34 heavy (non-hydrogen) atoms. The van der Waals surface area contributed by atoms with Crippen LogP contribution >= 0.6 is 22.7 Å². The first-order valence-electron chi connectivity index (χ1n) is 10.6. The minimum atomic E-state index is -0.690. The molecule has 0 bridgehead atoms. The van der Waals surface area contributed by atoms with Gasteiger partial charge in [-0.1, -0.05) is 35.6 Å².